The van der Waals surface area contributed by atoms with Crippen LogP contribution in [0.15, 0.2) is 5.38 Å². The van der Waals surface area contributed by atoms with Gasteiger partial charge in [-0.1, -0.05) is 11.6 Å². The van der Waals surface area contributed by atoms with Crippen molar-refractivity contribution in [1.82, 2.24) is 5.32 Å². The Hall–Kier alpha value is -0.0900. The molecular formula is C8H12ClNOS. The number of hydrogen-bond donors (Lipinski definition) is 2. The van der Waals surface area contributed by atoms with Crippen LogP contribution in [0.1, 0.15) is 10.4 Å². The summed E-state index contributed by atoms with van der Waals surface area (Å²) in [4.78, 5) is 1.14. The van der Waals surface area contributed by atoms with Crippen LogP contribution >= 0.6 is 22.9 Å². The van der Waals surface area contributed by atoms with E-state index >= 15 is 0 Å². The fraction of sp³-hybridized carbons (Fsp3) is 0.500. The van der Waals surface area contributed by atoms with Gasteiger partial charge in [-0.05, 0) is 17.9 Å². The smallest absolute Gasteiger partial charge is 0.0587 e. The molecule has 68 valence electrons. The molecule has 0 saturated carbocycles. The standard InChI is InChI=1S/C8H12ClNOS/c1-6-5-12-7(8(6)9)4-10-2-3-11/h5,10-11H,2-4H2,1H3. The molecule has 1 rings (SSSR count). The molecule has 0 fully saturated rings. The second kappa shape index (κ2) is 4.82. The largest absolute Gasteiger partial charge is 0.395 e. The minimum absolute atomic E-state index is 0.169. The molecule has 1 heterocycles. The van der Waals surface area contributed by atoms with Gasteiger partial charge in [0.05, 0.1) is 11.6 Å². The highest BCUT2D eigenvalue weighted by Crippen LogP contribution is 2.26. The van der Waals surface area contributed by atoms with Crippen molar-refractivity contribution >= 4 is 22.9 Å². The fourth-order valence-corrected chi connectivity index (χ4v) is 2.09. The fourth-order valence-electron chi connectivity index (χ4n) is 0.883. The van der Waals surface area contributed by atoms with E-state index in [0.717, 1.165) is 22.0 Å². The SMILES string of the molecule is Cc1csc(CNCCO)c1Cl. The van der Waals surface area contributed by atoms with Crippen LogP contribution < -0.4 is 5.32 Å². The third-order valence-electron chi connectivity index (χ3n) is 1.54. The lowest BCUT2D eigenvalue weighted by atomic mass is 10.3. The molecule has 0 aliphatic heterocycles. The quantitative estimate of drug-likeness (QED) is 0.735. The van der Waals surface area contributed by atoms with Crippen molar-refractivity contribution in [3.05, 3.63) is 20.8 Å². The van der Waals surface area contributed by atoms with Crippen molar-refractivity contribution in [2.75, 3.05) is 13.2 Å². The van der Waals surface area contributed by atoms with Gasteiger partial charge in [-0.15, -0.1) is 11.3 Å². The highest BCUT2D eigenvalue weighted by atomic mass is 35.5. The highest BCUT2D eigenvalue weighted by molar-refractivity contribution is 7.10. The number of halogens is 1. The molecule has 2 N–H and O–H groups in total. The molecule has 12 heavy (non-hydrogen) atoms. The van der Waals surface area contributed by atoms with E-state index in [-0.39, 0.29) is 6.61 Å². The van der Waals surface area contributed by atoms with Crippen molar-refractivity contribution in [3.63, 3.8) is 0 Å². The first-order valence-electron chi connectivity index (χ1n) is 3.79. The molecule has 0 aliphatic rings. The van der Waals surface area contributed by atoms with E-state index in [9.17, 15) is 0 Å². The Bertz CT molecular complexity index is 249. The van der Waals surface area contributed by atoms with E-state index in [1.165, 1.54) is 0 Å². The summed E-state index contributed by atoms with van der Waals surface area (Å²) in [6, 6.07) is 0. The van der Waals surface area contributed by atoms with Crippen LogP contribution in [-0.4, -0.2) is 18.3 Å². The van der Waals surface area contributed by atoms with E-state index < -0.39 is 0 Å². The average molecular weight is 206 g/mol. The predicted octanol–water partition coefficient (Wildman–Crippen LogP) is 1.79. The summed E-state index contributed by atoms with van der Waals surface area (Å²) < 4.78 is 0. The molecule has 0 radical (unpaired) electrons. The zero-order valence-corrected chi connectivity index (χ0v) is 8.50. The minimum Gasteiger partial charge on any atom is -0.395 e. The second-order valence-corrected chi connectivity index (χ2v) is 3.90. The number of aliphatic hydroxyl groups is 1. The summed E-state index contributed by atoms with van der Waals surface area (Å²) in [6.45, 7) is 3.53. The van der Waals surface area contributed by atoms with Gasteiger partial charge in [0.2, 0.25) is 0 Å². The van der Waals surface area contributed by atoms with Gasteiger partial charge in [0.15, 0.2) is 0 Å². The summed E-state index contributed by atoms with van der Waals surface area (Å²) in [5.41, 5.74) is 1.13. The molecule has 0 atom stereocenters. The normalized spacial score (nSPS) is 10.6. The van der Waals surface area contributed by atoms with E-state index in [1.807, 2.05) is 12.3 Å². The summed E-state index contributed by atoms with van der Waals surface area (Å²) >= 11 is 7.65. The number of aliphatic hydroxyl groups excluding tert-OH is 1. The van der Waals surface area contributed by atoms with Crippen LogP contribution in [0.2, 0.25) is 5.02 Å². The number of nitrogens with one attached hydrogen (secondary N) is 1. The van der Waals surface area contributed by atoms with Crippen molar-refractivity contribution in [3.8, 4) is 0 Å². The Morgan fingerprint density at radius 2 is 2.42 bits per heavy atom. The molecule has 0 aliphatic carbocycles. The molecule has 0 bridgehead atoms. The summed E-state index contributed by atoms with van der Waals surface area (Å²) in [5.74, 6) is 0. The molecule has 0 unspecified atom stereocenters. The van der Waals surface area contributed by atoms with Crippen molar-refractivity contribution in [2.45, 2.75) is 13.5 Å². The molecule has 1 aromatic heterocycles. The zero-order chi connectivity index (χ0) is 8.97. The van der Waals surface area contributed by atoms with Crippen LogP contribution in [0.5, 0.6) is 0 Å². The number of aryl methyl sites for hydroxylation is 1. The van der Waals surface area contributed by atoms with Crippen LogP contribution in [-0.2, 0) is 6.54 Å². The maximum atomic E-state index is 8.53. The topological polar surface area (TPSA) is 32.3 Å². The van der Waals surface area contributed by atoms with Crippen LogP contribution in [0, 0.1) is 6.92 Å². The average Bonchev–Trinajstić information content (AvgIpc) is 2.36. The molecule has 0 amide bonds. The second-order valence-electron chi connectivity index (χ2n) is 2.56. The third-order valence-corrected chi connectivity index (χ3v) is 3.29. The first-order chi connectivity index (χ1) is 5.75. The molecule has 4 heteroatoms. The Labute approximate surface area is 81.2 Å². The van der Waals surface area contributed by atoms with Gasteiger partial charge < -0.3 is 10.4 Å². The lowest BCUT2D eigenvalue weighted by Gasteiger charge is -2.00. The summed E-state index contributed by atoms with van der Waals surface area (Å²) in [6.07, 6.45) is 0. The maximum absolute atomic E-state index is 8.53. The molecule has 0 spiro atoms. The van der Waals surface area contributed by atoms with Crippen LogP contribution in [0.3, 0.4) is 0 Å². The summed E-state index contributed by atoms with van der Waals surface area (Å²) in [7, 11) is 0. The third kappa shape index (κ3) is 2.45. The Morgan fingerprint density at radius 1 is 1.67 bits per heavy atom. The van der Waals surface area contributed by atoms with Gasteiger partial charge in [-0.3, -0.25) is 0 Å². The monoisotopic (exact) mass is 205 g/mol. The minimum atomic E-state index is 0.169. The Morgan fingerprint density at radius 3 is 2.92 bits per heavy atom. The first-order valence-corrected chi connectivity index (χ1v) is 5.05. The molecule has 1 aromatic rings. The first kappa shape index (κ1) is 9.99. The van der Waals surface area contributed by atoms with Gasteiger partial charge >= 0.3 is 0 Å². The van der Waals surface area contributed by atoms with E-state index in [1.54, 1.807) is 11.3 Å². The summed E-state index contributed by atoms with van der Waals surface area (Å²) in [5, 5.41) is 14.5. The molecule has 2 nitrogen and oxygen atoms in total. The number of rotatable bonds is 4. The van der Waals surface area contributed by atoms with E-state index in [0.29, 0.717) is 6.54 Å². The van der Waals surface area contributed by atoms with Crippen molar-refractivity contribution in [1.29, 1.82) is 0 Å². The Kier molecular flexibility index (Phi) is 4.01. The van der Waals surface area contributed by atoms with Crippen LogP contribution in [0.25, 0.3) is 0 Å². The van der Waals surface area contributed by atoms with Gasteiger partial charge in [0.25, 0.3) is 0 Å². The predicted molar refractivity (Wildman–Crippen MR) is 52.9 cm³/mol. The van der Waals surface area contributed by atoms with Crippen LogP contribution in [0.4, 0.5) is 0 Å². The van der Waals surface area contributed by atoms with Gasteiger partial charge in [-0.25, -0.2) is 0 Å². The van der Waals surface area contributed by atoms with E-state index in [4.69, 9.17) is 16.7 Å². The van der Waals surface area contributed by atoms with Gasteiger partial charge in [0, 0.05) is 18.0 Å². The number of hydrogen-bond acceptors (Lipinski definition) is 3. The van der Waals surface area contributed by atoms with Crippen molar-refractivity contribution in [2.24, 2.45) is 0 Å². The van der Waals surface area contributed by atoms with E-state index in [2.05, 4.69) is 5.32 Å². The molecule has 0 saturated heterocycles. The highest BCUT2D eigenvalue weighted by Gasteiger charge is 2.04. The zero-order valence-electron chi connectivity index (χ0n) is 6.93. The lowest BCUT2D eigenvalue weighted by molar-refractivity contribution is 0.292. The number of thiophene rings is 1. The van der Waals surface area contributed by atoms with Gasteiger partial charge in [-0.2, -0.15) is 0 Å². The molecular weight excluding hydrogens is 194 g/mol. The lowest BCUT2D eigenvalue weighted by Crippen LogP contribution is -2.16. The maximum Gasteiger partial charge on any atom is 0.0587 e. The van der Waals surface area contributed by atoms with Gasteiger partial charge in [0.1, 0.15) is 0 Å². The van der Waals surface area contributed by atoms with Crippen molar-refractivity contribution < 1.29 is 5.11 Å². The Balaban J connectivity index is 2.46. The molecule has 0 aromatic carbocycles.